The topological polar surface area (TPSA) is 75.3 Å². The summed E-state index contributed by atoms with van der Waals surface area (Å²) in [5.41, 5.74) is 3.36. The van der Waals surface area contributed by atoms with Gasteiger partial charge in [-0.25, -0.2) is 0 Å². The quantitative estimate of drug-likeness (QED) is 0.533. The predicted octanol–water partition coefficient (Wildman–Crippen LogP) is 3.34. The lowest BCUT2D eigenvalue weighted by molar-refractivity contribution is -0.126. The second-order valence-corrected chi connectivity index (χ2v) is 8.09. The van der Waals surface area contributed by atoms with E-state index >= 15 is 0 Å². The number of carbonyl (C=O) groups is 3. The summed E-state index contributed by atoms with van der Waals surface area (Å²) in [4.78, 5) is 36.4. The van der Waals surface area contributed by atoms with Crippen LogP contribution in [-0.4, -0.2) is 30.7 Å². The average molecular weight is 385 g/mol. The van der Waals surface area contributed by atoms with E-state index in [1.165, 1.54) is 30.4 Å². The lowest BCUT2D eigenvalue weighted by Gasteiger charge is -2.20. The smallest absolute Gasteiger partial charge is 0.223 e. The van der Waals surface area contributed by atoms with Crippen molar-refractivity contribution in [3.05, 3.63) is 34.9 Å². The predicted molar refractivity (Wildman–Crippen MR) is 109 cm³/mol. The number of amides is 2. The number of benzene rings is 1. The molecule has 0 aliphatic heterocycles. The maximum atomic E-state index is 12.4. The highest BCUT2D eigenvalue weighted by Crippen LogP contribution is 2.24. The molecule has 3 rings (SSSR count). The van der Waals surface area contributed by atoms with Gasteiger partial charge in [0.1, 0.15) is 0 Å². The fraction of sp³-hybridized carbons (Fsp3) is 0.609. The molecule has 0 heterocycles. The van der Waals surface area contributed by atoms with Crippen LogP contribution in [0.4, 0.5) is 0 Å². The van der Waals surface area contributed by atoms with Gasteiger partial charge < -0.3 is 10.6 Å². The van der Waals surface area contributed by atoms with Gasteiger partial charge in [0, 0.05) is 37.4 Å². The molecule has 28 heavy (non-hydrogen) atoms. The number of Topliss-reactive ketones (excluding diaryl/α,β-unsaturated/α-hetero) is 1. The van der Waals surface area contributed by atoms with Crippen molar-refractivity contribution in [3.8, 4) is 0 Å². The SMILES string of the molecule is O=C(CCC(=O)c1ccc2c(c1)CCCC2)NCCNC(=O)C1CCCCC1. The van der Waals surface area contributed by atoms with E-state index in [1.54, 1.807) is 0 Å². The van der Waals surface area contributed by atoms with Crippen LogP contribution in [0.5, 0.6) is 0 Å². The van der Waals surface area contributed by atoms with E-state index in [-0.39, 0.29) is 36.4 Å². The maximum absolute atomic E-state index is 12.4. The molecule has 1 aromatic carbocycles. The molecule has 152 valence electrons. The Hall–Kier alpha value is -2.17. The zero-order chi connectivity index (χ0) is 19.8. The molecule has 0 spiro atoms. The Kier molecular flexibility index (Phi) is 7.63. The molecule has 2 amide bonds. The van der Waals surface area contributed by atoms with Gasteiger partial charge in [-0.3, -0.25) is 14.4 Å². The normalized spacial score (nSPS) is 16.9. The molecule has 0 bridgehead atoms. The van der Waals surface area contributed by atoms with Crippen LogP contribution in [0.1, 0.15) is 79.3 Å². The monoisotopic (exact) mass is 384 g/mol. The summed E-state index contributed by atoms with van der Waals surface area (Å²) in [5.74, 6) is 0.127. The van der Waals surface area contributed by atoms with Crippen LogP contribution in [0.3, 0.4) is 0 Å². The number of hydrogen-bond acceptors (Lipinski definition) is 3. The van der Waals surface area contributed by atoms with Crippen LogP contribution in [0.2, 0.25) is 0 Å². The molecule has 2 aliphatic rings. The summed E-state index contributed by atoms with van der Waals surface area (Å²) in [6.45, 7) is 0.851. The summed E-state index contributed by atoms with van der Waals surface area (Å²) < 4.78 is 0. The largest absolute Gasteiger partial charge is 0.354 e. The molecular formula is C23H32N2O3. The van der Waals surface area contributed by atoms with Crippen molar-refractivity contribution in [2.45, 2.75) is 70.6 Å². The first-order valence-electron chi connectivity index (χ1n) is 10.8. The number of nitrogens with one attached hydrogen (secondary N) is 2. The fourth-order valence-corrected chi connectivity index (χ4v) is 4.26. The standard InChI is InChI=1S/C23H32N2O3/c26-21(20-11-10-17-6-4-5-9-19(17)16-20)12-13-22(27)24-14-15-25-23(28)18-7-2-1-3-8-18/h10-11,16,18H,1-9,12-15H2,(H,24,27)(H,25,28). The van der Waals surface area contributed by atoms with Crippen LogP contribution in [0.25, 0.3) is 0 Å². The molecule has 0 unspecified atom stereocenters. The Bertz CT molecular complexity index is 708. The number of rotatable bonds is 8. The number of carbonyl (C=O) groups excluding carboxylic acids is 3. The minimum absolute atomic E-state index is 0.0223. The van der Waals surface area contributed by atoms with E-state index in [0.717, 1.165) is 38.5 Å². The van der Waals surface area contributed by atoms with E-state index in [2.05, 4.69) is 16.7 Å². The van der Waals surface area contributed by atoms with E-state index in [0.29, 0.717) is 18.7 Å². The van der Waals surface area contributed by atoms with Gasteiger partial charge >= 0.3 is 0 Å². The summed E-state index contributed by atoms with van der Waals surface area (Å²) in [6.07, 6.45) is 10.4. The van der Waals surface area contributed by atoms with Crippen molar-refractivity contribution in [2.75, 3.05) is 13.1 Å². The third-order valence-electron chi connectivity index (χ3n) is 5.97. The second-order valence-electron chi connectivity index (χ2n) is 8.09. The van der Waals surface area contributed by atoms with Crippen LogP contribution in [0, 0.1) is 5.92 Å². The minimum Gasteiger partial charge on any atom is -0.354 e. The highest BCUT2D eigenvalue weighted by atomic mass is 16.2. The van der Waals surface area contributed by atoms with Crippen LogP contribution in [0.15, 0.2) is 18.2 Å². The van der Waals surface area contributed by atoms with Crippen LogP contribution in [-0.2, 0) is 22.4 Å². The molecule has 0 radical (unpaired) electrons. The molecule has 1 aromatic rings. The first-order valence-corrected chi connectivity index (χ1v) is 10.8. The number of hydrogen-bond donors (Lipinski definition) is 2. The molecule has 1 fully saturated rings. The van der Waals surface area contributed by atoms with Gasteiger partial charge in [-0.1, -0.05) is 31.4 Å². The van der Waals surface area contributed by atoms with Crippen molar-refractivity contribution in [1.82, 2.24) is 10.6 Å². The fourth-order valence-electron chi connectivity index (χ4n) is 4.26. The van der Waals surface area contributed by atoms with E-state index in [9.17, 15) is 14.4 Å². The molecular weight excluding hydrogens is 352 g/mol. The molecule has 0 saturated heterocycles. The Morgan fingerprint density at radius 3 is 2.32 bits per heavy atom. The average Bonchev–Trinajstić information content (AvgIpc) is 2.75. The van der Waals surface area contributed by atoms with Gasteiger partial charge in [0.2, 0.25) is 11.8 Å². The van der Waals surface area contributed by atoms with Gasteiger partial charge in [-0.05, 0) is 55.7 Å². The minimum atomic E-state index is -0.141. The Morgan fingerprint density at radius 1 is 0.821 bits per heavy atom. The van der Waals surface area contributed by atoms with Gasteiger partial charge in [-0.15, -0.1) is 0 Å². The lowest BCUT2D eigenvalue weighted by Crippen LogP contribution is -2.38. The molecule has 0 atom stereocenters. The Labute approximate surface area is 167 Å². The second kappa shape index (κ2) is 10.4. The molecule has 2 N–H and O–H groups in total. The van der Waals surface area contributed by atoms with E-state index < -0.39 is 0 Å². The Morgan fingerprint density at radius 2 is 1.54 bits per heavy atom. The van der Waals surface area contributed by atoms with Gasteiger partial charge in [0.25, 0.3) is 0 Å². The highest BCUT2D eigenvalue weighted by Gasteiger charge is 2.20. The lowest BCUT2D eigenvalue weighted by atomic mass is 9.89. The first-order chi connectivity index (χ1) is 13.6. The zero-order valence-corrected chi connectivity index (χ0v) is 16.7. The summed E-state index contributed by atoms with van der Waals surface area (Å²) in [5, 5.41) is 5.70. The maximum Gasteiger partial charge on any atom is 0.223 e. The van der Waals surface area contributed by atoms with Gasteiger partial charge in [-0.2, -0.15) is 0 Å². The summed E-state index contributed by atoms with van der Waals surface area (Å²) in [7, 11) is 0. The summed E-state index contributed by atoms with van der Waals surface area (Å²) >= 11 is 0. The third kappa shape index (κ3) is 5.91. The van der Waals surface area contributed by atoms with E-state index in [1.807, 2.05) is 12.1 Å². The van der Waals surface area contributed by atoms with Crippen molar-refractivity contribution >= 4 is 17.6 Å². The van der Waals surface area contributed by atoms with Gasteiger partial charge in [0.15, 0.2) is 5.78 Å². The van der Waals surface area contributed by atoms with Crippen molar-refractivity contribution < 1.29 is 14.4 Å². The Balaban J connectivity index is 1.32. The number of ketones is 1. The highest BCUT2D eigenvalue weighted by molar-refractivity contribution is 5.98. The zero-order valence-electron chi connectivity index (χ0n) is 16.7. The van der Waals surface area contributed by atoms with Crippen molar-refractivity contribution in [3.63, 3.8) is 0 Å². The number of fused-ring (bicyclic) bond motifs is 1. The molecule has 2 aliphatic carbocycles. The van der Waals surface area contributed by atoms with Crippen molar-refractivity contribution in [1.29, 1.82) is 0 Å². The first kappa shape index (κ1) is 20.6. The van der Waals surface area contributed by atoms with Crippen LogP contribution < -0.4 is 10.6 Å². The van der Waals surface area contributed by atoms with Crippen LogP contribution >= 0.6 is 0 Å². The molecule has 5 nitrogen and oxygen atoms in total. The molecule has 5 heteroatoms. The molecule has 0 aromatic heterocycles. The third-order valence-corrected chi connectivity index (χ3v) is 5.97. The summed E-state index contributed by atoms with van der Waals surface area (Å²) in [6, 6.07) is 5.97. The van der Waals surface area contributed by atoms with E-state index in [4.69, 9.17) is 0 Å². The number of aryl methyl sites for hydroxylation is 2. The van der Waals surface area contributed by atoms with Crippen molar-refractivity contribution in [2.24, 2.45) is 5.92 Å². The molecule has 1 saturated carbocycles. The van der Waals surface area contributed by atoms with Gasteiger partial charge in [0.05, 0.1) is 0 Å².